The van der Waals surface area contributed by atoms with Crippen molar-refractivity contribution < 1.29 is 19.0 Å². The number of carbonyl (C=O) groups is 1. The number of amides is 1. The molecule has 3 aromatic rings. The van der Waals surface area contributed by atoms with Gasteiger partial charge in [0.15, 0.2) is 5.11 Å². The largest absolute Gasteiger partial charge is 0.497 e. The highest BCUT2D eigenvalue weighted by molar-refractivity contribution is 7.80. The summed E-state index contributed by atoms with van der Waals surface area (Å²) in [6, 6.07) is 22.3. The number of para-hydroxylation sites is 1. The van der Waals surface area contributed by atoms with Crippen LogP contribution in [0.2, 0.25) is 0 Å². The van der Waals surface area contributed by atoms with Gasteiger partial charge in [0.25, 0.3) is 5.91 Å². The number of carbonyl (C=O) groups excluding carboxylic acids is 1. The van der Waals surface area contributed by atoms with Crippen LogP contribution >= 0.6 is 12.2 Å². The Labute approximate surface area is 192 Å². The van der Waals surface area contributed by atoms with Gasteiger partial charge in [0.2, 0.25) is 0 Å². The second kappa shape index (κ2) is 9.53. The zero-order chi connectivity index (χ0) is 22.5. The van der Waals surface area contributed by atoms with Crippen LogP contribution in [0.4, 0.5) is 5.69 Å². The van der Waals surface area contributed by atoms with Crippen LogP contribution in [0.1, 0.15) is 11.1 Å². The summed E-state index contributed by atoms with van der Waals surface area (Å²) < 4.78 is 16.6. The van der Waals surface area contributed by atoms with E-state index in [4.69, 9.17) is 26.4 Å². The molecule has 1 heterocycles. The minimum Gasteiger partial charge on any atom is -0.497 e. The third-order valence-electron chi connectivity index (χ3n) is 4.96. The Morgan fingerprint density at radius 2 is 1.66 bits per heavy atom. The molecule has 1 aliphatic heterocycles. The van der Waals surface area contributed by atoms with Gasteiger partial charge in [-0.1, -0.05) is 24.3 Å². The van der Waals surface area contributed by atoms with Crippen LogP contribution in [-0.4, -0.2) is 25.2 Å². The van der Waals surface area contributed by atoms with Gasteiger partial charge in [-0.2, -0.15) is 0 Å². The number of anilines is 1. The molecular formula is C25H22N2O4S. The average Bonchev–Trinajstić information content (AvgIpc) is 3.11. The predicted molar refractivity (Wildman–Crippen MR) is 128 cm³/mol. The normalized spacial score (nSPS) is 14.4. The maximum Gasteiger partial charge on any atom is 0.281 e. The van der Waals surface area contributed by atoms with Gasteiger partial charge in [-0.05, 0) is 72.4 Å². The molecule has 0 unspecified atom stereocenters. The molecular weight excluding hydrogens is 424 g/mol. The molecule has 1 fully saturated rings. The lowest BCUT2D eigenvalue weighted by Crippen LogP contribution is -2.30. The number of nitrogens with one attached hydrogen (secondary N) is 1. The first-order valence-corrected chi connectivity index (χ1v) is 10.4. The molecule has 0 aliphatic carbocycles. The predicted octanol–water partition coefficient (Wildman–Crippen LogP) is 4.55. The Morgan fingerprint density at radius 1 is 0.938 bits per heavy atom. The topological polar surface area (TPSA) is 60.0 Å². The standard InChI is InChI=1S/C25H22N2O4S/c1-29-20-9-11-21(12-10-20)31-16-18-14-17(8-13-23(18)30-2)15-22-24(28)27(25(32)26-22)19-6-4-3-5-7-19/h3-15H,16H2,1-2H3,(H,26,32)/b22-15+. The van der Waals surface area contributed by atoms with Crippen LogP contribution in [0.5, 0.6) is 17.2 Å². The molecule has 4 rings (SSSR count). The zero-order valence-corrected chi connectivity index (χ0v) is 18.5. The highest BCUT2D eigenvalue weighted by Crippen LogP contribution is 2.26. The summed E-state index contributed by atoms with van der Waals surface area (Å²) in [6.07, 6.45) is 1.77. The molecule has 162 valence electrons. The molecule has 0 spiro atoms. The second-order valence-corrected chi connectivity index (χ2v) is 7.39. The number of rotatable bonds is 7. The molecule has 0 saturated carbocycles. The second-order valence-electron chi connectivity index (χ2n) is 7.00. The summed E-state index contributed by atoms with van der Waals surface area (Å²) >= 11 is 5.38. The van der Waals surface area contributed by atoms with E-state index in [1.807, 2.05) is 72.8 Å². The average molecular weight is 447 g/mol. The highest BCUT2D eigenvalue weighted by atomic mass is 32.1. The summed E-state index contributed by atoms with van der Waals surface area (Å²) in [4.78, 5) is 14.4. The van der Waals surface area contributed by atoms with Crippen molar-refractivity contribution in [2.24, 2.45) is 0 Å². The molecule has 32 heavy (non-hydrogen) atoms. The van der Waals surface area contributed by atoms with E-state index in [-0.39, 0.29) is 5.91 Å². The van der Waals surface area contributed by atoms with Crippen LogP contribution in [0.15, 0.2) is 78.5 Å². The summed E-state index contributed by atoms with van der Waals surface area (Å²) in [5.74, 6) is 1.98. The fourth-order valence-corrected chi connectivity index (χ4v) is 3.65. The van der Waals surface area contributed by atoms with E-state index in [1.165, 1.54) is 4.90 Å². The fraction of sp³-hybridized carbons (Fsp3) is 0.120. The number of hydrogen-bond donors (Lipinski definition) is 1. The zero-order valence-electron chi connectivity index (χ0n) is 17.7. The number of benzene rings is 3. The maximum atomic E-state index is 12.9. The van der Waals surface area contributed by atoms with E-state index in [0.29, 0.717) is 28.9 Å². The number of methoxy groups -OCH3 is 2. The van der Waals surface area contributed by atoms with Crippen molar-refractivity contribution in [3.8, 4) is 17.2 Å². The molecule has 0 aromatic heterocycles. The Bertz CT molecular complexity index is 1160. The number of nitrogens with zero attached hydrogens (tertiary/aromatic N) is 1. The highest BCUT2D eigenvalue weighted by Gasteiger charge is 2.31. The van der Waals surface area contributed by atoms with Gasteiger partial charge in [-0.25, -0.2) is 0 Å². The summed E-state index contributed by atoms with van der Waals surface area (Å²) in [6.45, 7) is 0.308. The molecule has 0 bridgehead atoms. The van der Waals surface area contributed by atoms with E-state index in [9.17, 15) is 4.79 Å². The molecule has 3 aromatic carbocycles. The molecule has 1 amide bonds. The smallest absolute Gasteiger partial charge is 0.281 e. The minimum absolute atomic E-state index is 0.201. The van der Waals surface area contributed by atoms with Crippen molar-refractivity contribution in [1.29, 1.82) is 0 Å². The van der Waals surface area contributed by atoms with Crippen LogP contribution < -0.4 is 24.4 Å². The molecule has 0 radical (unpaired) electrons. The third kappa shape index (κ3) is 4.58. The number of hydrogen-bond acceptors (Lipinski definition) is 5. The Morgan fingerprint density at radius 3 is 2.34 bits per heavy atom. The van der Waals surface area contributed by atoms with E-state index >= 15 is 0 Å². The molecule has 7 heteroatoms. The van der Waals surface area contributed by atoms with Crippen molar-refractivity contribution in [2.75, 3.05) is 19.1 Å². The first kappa shape index (κ1) is 21.4. The summed E-state index contributed by atoms with van der Waals surface area (Å²) in [5.41, 5.74) is 2.81. The summed E-state index contributed by atoms with van der Waals surface area (Å²) in [5, 5.41) is 3.36. The van der Waals surface area contributed by atoms with Gasteiger partial charge in [-0.15, -0.1) is 0 Å². The van der Waals surface area contributed by atoms with Crippen molar-refractivity contribution in [3.05, 3.63) is 89.6 Å². The fourth-order valence-electron chi connectivity index (χ4n) is 3.35. The molecule has 0 atom stereocenters. The van der Waals surface area contributed by atoms with Crippen molar-refractivity contribution >= 4 is 35.0 Å². The number of thiocarbonyl (C=S) groups is 1. The van der Waals surface area contributed by atoms with Gasteiger partial charge >= 0.3 is 0 Å². The quantitative estimate of drug-likeness (QED) is 0.425. The van der Waals surface area contributed by atoms with Crippen LogP contribution in [0, 0.1) is 0 Å². The van der Waals surface area contributed by atoms with E-state index in [0.717, 1.165) is 22.6 Å². The van der Waals surface area contributed by atoms with Gasteiger partial charge in [0, 0.05) is 5.56 Å². The minimum atomic E-state index is -0.201. The van der Waals surface area contributed by atoms with Crippen molar-refractivity contribution in [3.63, 3.8) is 0 Å². The molecule has 1 saturated heterocycles. The van der Waals surface area contributed by atoms with Crippen LogP contribution in [0.3, 0.4) is 0 Å². The van der Waals surface area contributed by atoms with Gasteiger partial charge in [-0.3, -0.25) is 9.69 Å². The Kier molecular flexibility index (Phi) is 6.37. The SMILES string of the molecule is COc1ccc(OCc2cc(/C=C3/NC(=S)N(c4ccccc4)C3=O)ccc2OC)cc1. The lowest BCUT2D eigenvalue weighted by Gasteiger charge is -2.13. The molecule has 6 nitrogen and oxygen atoms in total. The van der Waals surface area contributed by atoms with Gasteiger partial charge in [0.1, 0.15) is 29.6 Å². The van der Waals surface area contributed by atoms with E-state index in [1.54, 1.807) is 20.3 Å². The maximum absolute atomic E-state index is 12.9. The van der Waals surface area contributed by atoms with E-state index < -0.39 is 0 Å². The van der Waals surface area contributed by atoms with Crippen molar-refractivity contribution in [2.45, 2.75) is 6.61 Å². The van der Waals surface area contributed by atoms with Gasteiger partial charge < -0.3 is 19.5 Å². The van der Waals surface area contributed by atoms with Crippen LogP contribution in [-0.2, 0) is 11.4 Å². The lowest BCUT2D eigenvalue weighted by molar-refractivity contribution is -0.113. The Balaban J connectivity index is 1.54. The van der Waals surface area contributed by atoms with E-state index in [2.05, 4.69) is 5.32 Å². The number of ether oxygens (including phenoxy) is 3. The first-order valence-electron chi connectivity index (χ1n) is 9.95. The lowest BCUT2D eigenvalue weighted by atomic mass is 10.1. The third-order valence-corrected chi connectivity index (χ3v) is 5.25. The first-order chi connectivity index (χ1) is 15.6. The van der Waals surface area contributed by atoms with Crippen molar-refractivity contribution in [1.82, 2.24) is 5.32 Å². The molecule has 1 N–H and O–H groups in total. The molecule has 1 aliphatic rings. The Hall–Kier alpha value is -3.84. The van der Waals surface area contributed by atoms with Gasteiger partial charge in [0.05, 0.1) is 19.9 Å². The monoisotopic (exact) mass is 446 g/mol. The van der Waals surface area contributed by atoms with Crippen LogP contribution in [0.25, 0.3) is 6.08 Å². The summed E-state index contributed by atoms with van der Waals surface area (Å²) in [7, 11) is 3.24.